The summed E-state index contributed by atoms with van der Waals surface area (Å²) in [6, 6.07) is 8.26. The van der Waals surface area contributed by atoms with Crippen molar-refractivity contribution in [3.63, 3.8) is 0 Å². The number of para-hydroxylation sites is 1. The van der Waals surface area contributed by atoms with Crippen LogP contribution < -0.4 is 4.74 Å². The van der Waals surface area contributed by atoms with Gasteiger partial charge < -0.3 is 9.64 Å². The molecule has 6 heteroatoms. The lowest BCUT2D eigenvalue weighted by atomic mass is 9.72. The Morgan fingerprint density at radius 1 is 1.07 bits per heavy atom. The van der Waals surface area contributed by atoms with Crippen LogP contribution in [0.15, 0.2) is 36.7 Å². The minimum Gasteiger partial charge on any atom is -0.496 e. The van der Waals surface area contributed by atoms with E-state index in [-0.39, 0.29) is 11.3 Å². The van der Waals surface area contributed by atoms with Crippen LogP contribution in [0.25, 0.3) is 0 Å². The Hall–Kier alpha value is -2.47. The molecule has 0 bridgehead atoms. The molecular formula is C23H30N4O2. The molecule has 2 aliphatic rings. The maximum Gasteiger partial charge on any atom is 0.222 e. The molecule has 2 saturated heterocycles. The fourth-order valence-electron chi connectivity index (χ4n) is 4.61. The molecular weight excluding hydrogens is 364 g/mol. The molecule has 1 spiro atoms. The minimum atomic E-state index is 0.239. The van der Waals surface area contributed by atoms with E-state index >= 15 is 0 Å². The number of methoxy groups -OCH3 is 1. The lowest BCUT2D eigenvalue weighted by Crippen LogP contribution is -2.51. The summed E-state index contributed by atoms with van der Waals surface area (Å²) < 4.78 is 5.50. The maximum absolute atomic E-state index is 12.5. The molecule has 154 valence electrons. The van der Waals surface area contributed by atoms with Crippen molar-refractivity contribution >= 4 is 5.91 Å². The number of hydrogen-bond acceptors (Lipinski definition) is 5. The van der Waals surface area contributed by atoms with Crippen molar-refractivity contribution in [2.75, 3.05) is 26.7 Å². The fraction of sp³-hybridized carbons (Fsp3) is 0.522. The zero-order chi connectivity index (χ0) is 20.3. The monoisotopic (exact) mass is 394 g/mol. The van der Waals surface area contributed by atoms with Gasteiger partial charge in [0.05, 0.1) is 31.2 Å². The van der Waals surface area contributed by atoms with E-state index in [2.05, 4.69) is 27.0 Å². The van der Waals surface area contributed by atoms with Gasteiger partial charge in [0.25, 0.3) is 0 Å². The summed E-state index contributed by atoms with van der Waals surface area (Å²) in [6.45, 7) is 6.37. The molecule has 2 fully saturated rings. The van der Waals surface area contributed by atoms with Crippen LogP contribution in [-0.2, 0) is 17.9 Å². The number of ether oxygens (including phenoxy) is 1. The first-order valence-electron chi connectivity index (χ1n) is 10.5. The predicted molar refractivity (Wildman–Crippen MR) is 111 cm³/mol. The van der Waals surface area contributed by atoms with Crippen molar-refractivity contribution < 1.29 is 9.53 Å². The molecule has 3 heterocycles. The highest BCUT2D eigenvalue weighted by Crippen LogP contribution is 2.41. The Labute approximate surface area is 172 Å². The quantitative estimate of drug-likeness (QED) is 0.779. The first-order chi connectivity index (χ1) is 14.1. The van der Waals surface area contributed by atoms with Crippen LogP contribution in [0, 0.1) is 12.3 Å². The number of aryl methyl sites for hydroxylation is 1. The molecule has 0 N–H and O–H groups in total. The van der Waals surface area contributed by atoms with Gasteiger partial charge >= 0.3 is 0 Å². The van der Waals surface area contributed by atoms with E-state index in [1.165, 1.54) is 5.56 Å². The van der Waals surface area contributed by atoms with Gasteiger partial charge in [-0.15, -0.1) is 0 Å². The summed E-state index contributed by atoms with van der Waals surface area (Å²) in [6.07, 6.45) is 7.48. The number of piperidine rings is 2. The number of likely N-dealkylation sites (tertiary alicyclic amines) is 2. The second-order valence-electron chi connectivity index (χ2n) is 8.49. The number of nitrogens with zero attached hydrogens (tertiary/aromatic N) is 4. The highest BCUT2D eigenvalue weighted by atomic mass is 16.5. The number of benzene rings is 1. The summed E-state index contributed by atoms with van der Waals surface area (Å²) >= 11 is 0. The van der Waals surface area contributed by atoms with Crippen LogP contribution in [-0.4, -0.2) is 52.4 Å². The van der Waals surface area contributed by atoms with Crippen LogP contribution >= 0.6 is 0 Å². The van der Waals surface area contributed by atoms with Crippen LogP contribution in [0.1, 0.15) is 42.6 Å². The van der Waals surface area contributed by atoms with E-state index in [9.17, 15) is 4.79 Å². The SMILES string of the molecule is COc1ccccc1CN1CCC2(CCC(=O)N(Cc3cnc(C)cn3)C2)CC1. The Morgan fingerprint density at radius 2 is 1.86 bits per heavy atom. The van der Waals surface area contributed by atoms with Gasteiger partial charge in [-0.1, -0.05) is 18.2 Å². The molecule has 1 amide bonds. The van der Waals surface area contributed by atoms with Crippen LogP contribution in [0.2, 0.25) is 0 Å². The summed E-state index contributed by atoms with van der Waals surface area (Å²) in [5, 5.41) is 0. The van der Waals surface area contributed by atoms with E-state index in [4.69, 9.17) is 4.74 Å². The summed E-state index contributed by atoms with van der Waals surface area (Å²) in [4.78, 5) is 25.8. The third-order valence-electron chi connectivity index (χ3n) is 6.44. The normalized spacial score (nSPS) is 19.5. The molecule has 2 aliphatic heterocycles. The average Bonchev–Trinajstić information content (AvgIpc) is 2.75. The maximum atomic E-state index is 12.5. The summed E-state index contributed by atoms with van der Waals surface area (Å²) in [5.41, 5.74) is 3.25. The van der Waals surface area contributed by atoms with Crippen LogP contribution in [0.3, 0.4) is 0 Å². The van der Waals surface area contributed by atoms with E-state index in [1.807, 2.05) is 24.0 Å². The van der Waals surface area contributed by atoms with E-state index in [0.29, 0.717) is 13.0 Å². The van der Waals surface area contributed by atoms with Gasteiger partial charge in [-0.25, -0.2) is 0 Å². The molecule has 0 unspecified atom stereocenters. The highest BCUT2D eigenvalue weighted by Gasteiger charge is 2.41. The van der Waals surface area contributed by atoms with Crippen molar-refractivity contribution in [3.8, 4) is 5.75 Å². The molecule has 1 aromatic heterocycles. The van der Waals surface area contributed by atoms with Crippen molar-refractivity contribution in [2.45, 2.75) is 45.7 Å². The molecule has 4 rings (SSSR count). The Bertz CT molecular complexity index is 844. The third kappa shape index (κ3) is 4.58. The van der Waals surface area contributed by atoms with Gasteiger partial charge in [0.15, 0.2) is 0 Å². The number of hydrogen-bond donors (Lipinski definition) is 0. The lowest BCUT2D eigenvalue weighted by Gasteiger charge is -2.47. The molecule has 6 nitrogen and oxygen atoms in total. The van der Waals surface area contributed by atoms with Crippen LogP contribution in [0.5, 0.6) is 5.75 Å². The van der Waals surface area contributed by atoms with Gasteiger partial charge in [-0.05, 0) is 50.8 Å². The van der Waals surface area contributed by atoms with Gasteiger partial charge in [0, 0.05) is 31.3 Å². The van der Waals surface area contributed by atoms with E-state index in [0.717, 1.165) is 62.6 Å². The van der Waals surface area contributed by atoms with E-state index in [1.54, 1.807) is 19.5 Å². The molecule has 29 heavy (non-hydrogen) atoms. The number of amides is 1. The zero-order valence-electron chi connectivity index (χ0n) is 17.4. The highest BCUT2D eigenvalue weighted by molar-refractivity contribution is 5.77. The summed E-state index contributed by atoms with van der Waals surface area (Å²) in [5.74, 6) is 1.20. The van der Waals surface area contributed by atoms with Crippen molar-refractivity contribution in [2.24, 2.45) is 5.41 Å². The largest absolute Gasteiger partial charge is 0.496 e. The Morgan fingerprint density at radius 3 is 2.59 bits per heavy atom. The number of aromatic nitrogens is 2. The average molecular weight is 395 g/mol. The molecule has 2 aromatic rings. The lowest BCUT2D eigenvalue weighted by molar-refractivity contribution is -0.140. The van der Waals surface area contributed by atoms with Gasteiger partial charge in [0.1, 0.15) is 5.75 Å². The zero-order valence-corrected chi connectivity index (χ0v) is 17.4. The van der Waals surface area contributed by atoms with Gasteiger partial charge in [-0.3, -0.25) is 19.7 Å². The molecule has 0 radical (unpaired) electrons. The molecule has 1 aromatic carbocycles. The second-order valence-corrected chi connectivity index (χ2v) is 8.49. The van der Waals surface area contributed by atoms with Crippen LogP contribution in [0.4, 0.5) is 0 Å². The predicted octanol–water partition coefficient (Wildman–Crippen LogP) is 3.20. The second kappa shape index (κ2) is 8.49. The van der Waals surface area contributed by atoms with Gasteiger partial charge in [-0.2, -0.15) is 0 Å². The summed E-state index contributed by atoms with van der Waals surface area (Å²) in [7, 11) is 1.73. The number of carbonyl (C=O) groups is 1. The topological polar surface area (TPSA) is 58.6 Å². The van der Waals surface area contributed by atoms with Crippen molar-refractivity contribution in [1.29, 1.82) is 0 Å². The number of carbonyl (C=O) groups excluding carboxylic acids is 1. The number of rotatable bonds is 5. The molecule has 0 aliphatic carbocycles. The first-order valence-corrected chi connectivity index (χ1v) is 10.5. The Balaban J connectivity index is 1.37. The standard InChI is InChI=1S/C23H30N4O2/c1-18-13-25-20(14-24-18)16-27-17-23(8-7-22(27)28)9-11-26(12-10-23)15-19-5-3-4-6-21(19)29-2/h3-6,13-14H,7-12,15-17H2,1-2H3. The Kier molecular flexibility index (Phi) is 5.81. The molecule has 0 atom stereocenters. The van der Waals surface area contributed by atoms with E-state index < -0.39 is 0 Å². The third-order valence-corrected chi connectivity index (χ3v) is 6.44. The van der Waals surface area contributed by atoms with Crippen molar-refractivity contribution in [3.05, 3.63) is 53.6 Å². The minimum absolute atomic E-state index is 0.239. The molecule has 0 saturated carbocycles. The first kappa shape index (κ1) is 19.8. The smallest absolute Gasteiger partial charge is 0.222 e. The van der Waals surface area contributed by atoms with Gasteiger partial charge in [0.2, 0.25) is 5.91 Å². The fourth-order valence-corrected chi connectivity index (χ4v) is 4.61. The van der Waals surface area contributed by atoms with Crippen molar-refractivity contribution in [1.82, 2.24) is 19.8 Å².